The van der Waals surface area contributed by atoms with Gasteiger partial charge in [-0.1, -0.05) is 23.7 Å². The first-order chi connectivity index (χ1) is 9.88. The number of anilines is 1. The van der Waals surface area contributed by atoms with E-state index in [0.29, 0.717) is 29.5 Å². The molecular weight excluding hydrogens is 303 g/mol. The second kappa shape index (κ2) is 6.30. The first-order valence-corrected chi connectivity index (χ1v) is 6.63. The summed E-state index contributed by atoms with van der Waals surface area (Å²) in [6, 6.07) is 5.10. The van der Waals surface area contributed by atoms with Crippen molar-refractivity contribution in [2.24, 2.45) is 0 Å². The number of hydrogen-bond donors (Lipinski definition) is 1. The standard InChI is InChI=1S/C14H13ClF3N3/c1-9-12(15)13(21-8-20-9)19-7-6-10-2-4-11(5-3-10)14(16,17)18/h2-5,8H,6-7H2,1H3,(H,19,20,21). The molecule has 2 aromatic rings. The van der Waals surface area contributed by atoms with Gasteiger partial charge >= 0.3 is 6.18 Å². The number of halogens is 4. The molecule has 112 valence electrons. The second-order valence-electron chi connectivity index (χ2n) is 4.49. The van der Waals surface area contributed by atoms with Crippen molar-refractivity contribution in [2.45, 2.75) is 19.5 Å². The monoisotopic (exact) mass is 315 g/mol. The van der Waals surface area contributed by atoms with Crippen molar-refractivity contribution < 1.29 is 13.2 Å². The van der Waals surface area contributed by atoms with E-state index in [4.69, 9.17) is 11.6 Å². The second-order valence-corrected chi connectivity index (χ2v) is 4.87. The van der Waals surface area contributed by atoms with Gasteiger partial charge in [0.1, 0.15) is 17.2 Å². The number of rotatable bonds is 4. The molecule has 0 aliphatic carbocycles. The van der Waals surface area contributed by atoms with Crippen LogP contribution >= 0.6 is 11.6 Å². The predicted octanol–water partition coefficient (Wildman–Crippen LogP) is 4.11. The average Bonchev–Trinajstić information content (AvgIpc) is 2.43. The first kappa shape index (κ1) is 15.6. The highest BCUT2D eigenvalue weighted by Crippen LogP contribution is 2.29. The molecular formula is C14H13ClF3N3. The molecule has 0 aliphatic rings. The number of nitrogens with zero attached hydrogens (tertiary/aromatic N) is 2. The van der Waals surface area contributed by atoms with Gasteiger partial charge < -0.3 is 5.32 Å². The Balaban J connectivity index is 1.93. The minimum atomic E-state index is -4.30. The Morgan fingerprint density at radius 1 is 1.14 bits per heavy atom. The van der Waals surface area contributed by atoms with E-state index in [1.54, 1.807) is 6.92 Å². The van der Waals surface area contributed by atoms with Gasteiger partial charge in [0.25, 0.3) is 0 Å². The lowest BCUT2D eigenvalue weighted by Crippen LogP contribution is -2.08. The molecule has 1 aromatic heterocycles. The average molecular weight is 316 g/mol. The van der Waals surface area contributed by atoms with Crippen molar-refractivity contribution in [1.29, 1.82) is 0 Å². The van der Waals surface area contributed by atoms with E-state index in [-0.39, 0.29) is 0 Å². The molecule has 0 fully saturated rings. The lowest BCUT2D eigenvalue weighted by molar-refractivity contribution is -0.137. The van der Waals surface area contributed by atoms with Crippen molar-refractivity contribution in [3.05, 3.63) is 52.4 Å². The zero-order valence-electron chi connectivity index (χ0n) is 11.2. The highest BCUT2D eigenvalue weighted by atomic mass is 35.5. The number of benzene rings is 1. The molecule has 0 aliphatic heterocycles. The van der Waals surface area contributed by atoms with Gasteiger partial charge in [-0.3, -0.25) is 0 Å². The number of aryl methyl sites for hydroxylation is 1. The predicted molar refractivity (Wildman–Crippen MR) is 75.4 cm³/mol. The third-order valence-electron chi connectivity index (χ3n) is 2.95. The normalized spacial score (nSPS) is 11.5. The van der Waals surface area contributed by atoms with Crippen LogP contribution in [0.5, 0.6) is 0 Å². The van der Waals surface area contributed by atoms with E-state index in [1.807, 2.05) is 0 Å². The van der Waals surface area contributed by atoms with Crippen molar-refractivity contribution >= 4 is 17.4 Å². The SMILES string of the molecule is Cc1ncnc(NCCc2ccc(C(F)(F)F)cc2)c1Cl. The van der Waals surface area contributed by atoms with Crippen LogP contribution in [0.4, 0.5) is 19.0 Å². The fourth-order valence-corrected chi connectivity index (χ4v) is 1.93. The summed E-state index contributed by atoms with van der Waals surface area (Å²) >= 11 is 6.03. The van der Waals surface area contributed by atoms with Gasteiger partial charge in [-0.05, 0) is 31.0 Å². The van der Waals surface area contributed by atoms with Crippen LogP contribution in [-0.2, 0) is 12.6 Å². The van der Waals surface area contributed by atoms with E-state index in [2.05, 4.69) is 15.3 Å². The minimum absolute atomic E-state index is 0.449. The molecule has 0 saturated heterocycles. The molecule has 0 radical (unpaired) electrons. The largest absolute Gasteiger partial charge is 0.416 e. The van der Waals surface area contributed by atoms with Crippen molar-refractivity contribution in [2.75, 3.05) is 11.9 Å². The van der Waals surface area contributed by atoms with Crippen molar-refractivity contribution in [1.82, 2.24) is 9.97 Å². The molecule has 2 rings (SSSR count). The summed E-state index contributed by atoms with van der Waals surface area (Å²) in [5.41, 5.74) is 0.828. The van der Waals surface area contributed by atoms with Gasteiger partial charge in [-0.15, -0.1) is 0 Å². The Bertz CT molecular complexity index is 612. The van der Waals surface area contributed by atoms with Gasteiger partial charge in [0.05, 0.1) is 11.3 Å². The van der Waals surface area contributed by atoms with Gasteiger partial charge in [-0.2, -0.15) is 13.2 Å². The Morgan fingerprint density at radius 2 is 1.81 bits per heavy atom. The molecule has 0 spiro atoms. The third-order valence-corrected chi connectivity index (χ3v) is 3.40. The minimum Gasteiger partial charge on any atom is -0.368 e. The van der Waals surface area contributed by atoms with Crippen molar-refractivity contribution in [3.8, 4) is 0 Å². The van der Waals surface area contributed by atoms with Gasteiger partial charge in [-0.25, -0.2) is 9.97 Å². The summed E-state index contributed by atoms with van der Waals surface area (Å²) in [5, 5.41) is 3.49. The van der Waals surface area contributed by atoms with Gasteiger partial charge in [0, 0.05) is 6.54 Å². The summed E-state index contributed by atoms with van der Waals surface area (Å²) in [4.78, 5) is 7.96. The Hall–Kier alpha value is -1.82. The van der Waals surface area contributed by atoms with Crippen LogP contribution in [0.1, 0.15) is 16.8 Å². The maximum Gasteiger partial charge on any atom is 0.416 e. The number of nitrogens with one attached hydrogen (secondary N) is 1. The number of alkyl halides is 3. The number of hydrogen-bond acceptors (Lipinski definition) is 3. The Morgan fingerprint density at radius 3 is 2.43 bits per heavy atom. The third kappa shape index (κ3) is 4.07. The lowest BCUT2D eigenvalue weighted by Gasteiger charge is -2.09. The molecule has 1 heterocycles. The summed E-state index contributed by atoms with van der Waals surface area (Å²) in [7, 11) is 0. The summed E-state index contributed by atoms with van der Waals surface area (Å²) in [6.07, 6.45) is -2.33. The maximum atomic E-state index is 12.4. The molecule has 0 saturated carbocycles. The smallest absolute Gasteiger partial charge is 0.368 e. The van der Waals surface area contributed by atoms with Crippen molar-refractivity contribution in [3.63, 3.8) is 0 Å². The van der Waals surface area contributed by atoms with E-state index in [9.17, 15) is 13.2 Å². The quantitative estimate of drug-likeness (QED) is 0.922. The van der Waals surface area contributed by atoms with Crippen LogP contribution in [0.2, 0.25) is 5.02 Å². The van der Waals surface area contributed by atoms with E-state index >= 15 is 0 Å². The van der Waals surface area contributed by atoms with Crippen LogP contribution in [0, 0.1) is 6.92 Å². The Kier molecular flexibility index (Phi) is 4.67. The summed E-state index contributed by atoms with van der Waals surface area (Å²) < 4.78 is 37.3. The maximum absolute atomic E-state index is 12.4. The van der Waals surface area contributed by atoms with Gasteiger partial charge in [0.2, 0.25) is 0 Å². The topological polar surface area (TPSA) is 37.8 Å². The molecule has 21 heavy (non-hydrogen) atoms. The molecule has 7 heteroatoms. The fraction of sp³-hybridized carbons (Fsp3) is 0.286. The van der Waals surface area contributed by atoms with Crippen LogP contribution in [0.15, 0.2) is 30.6 Å². The lowest BCUT2D eigenvalue weighted by atomic mass is 10.1. The highest BCUT2D eigenvalue weighted by Gasteiger charge is 2.29. The van der Waals surface area contributed by atoms with Gasteiger partial charge in [0.15, 0.2) is 0 Å². The number of aromatic nitrogens is 2. The zero-order chi connectivity index (χ0) is 15.5. The molecule has 0 unspecified atom stereocenters. The van der Waals surface area contributed by atoms with Crippen LogP contribution in [0.25, 0.3) is 0 Å². The molecule has 1 aromatic carbocycles. The molecule has 3 nitrogen and oxygen atoms in total. The van der Waals surface area contributed by atoms with Crippen LogP contribution in [0.3, 0.4) is 0 Å². The molecule has 0 atom stereocenters. The summed E-state index contributed by atoms with van der Waals surface area (Å²) in [6.45, 7) is 2.28. The Labute approximate surface area is 125 Å². The fourth-order valence-electron chi connectivity index (χ4n) is 1.77. The molecule has 0 amide bonds. The molecule has 1 N–H and O–H groups in total. The summed E-state index contributed by atoms with van der Waals surface area (Å²) in [5.74, 6) is 0.524. The zero-order valence-corrected chi connectivity index (χ0v) is 12.0. The highest BCUT2D eigenvalue weighted by molar-refractivity contribution is 6.33. The van der Waals surface area contributed by atoms with E-state index in [1.165, 1.54) is 18.5 Å². The van der Waals surface area contributed by atoms with E-state index in [0.717, 1.165) is 17.7 Å². The van der Waals surface area contributed by atoms with Crippen LogP contribution in [-0.4, -0.2) is 16.5 Å². The van der Waals surface area contributed by atoms with E-state index < -0.39 is 11.7 Å². The first-order valence-electron chi connectivity index (χ1n) is 6.25. The van der Waals surface area contributed by atoms with Crippen LogP contribution < -0.4 is 5.32 Å². The molecule has 0 bridgehead atoms.